The third-order valence-electron chi connectivity index (χ3n) is 3.45. The molecule has 0 aliphatic carbocycles. The lowest BCUT2D eigenvalue weighted by atomic mass is 9.96. The van der Waals surface area contributed by atoms with Gasteiger partial charge in [0.05, 0.1) is 22.8 Å². The molecule has 11 nitrogen and oxygen atoms in total. The topological polar surface area (TPSA) is 184 Å². The molecular weight excluding hydrogens is 461 g/mol. The maximum absolute atomic E-state index is 10.5. The Morgan fingerprint density at radius 1 is 0.968 bits per heavy atom. The van der Waals surface area contributed by atoms with Gasteiger partial charge >= 0.3 is 17.9 Å². The quantitative estimate of drug-likeness (QED) is 0.325. The highest BCUT2D eigenvalue weighted by Gasteiger charge is 2.40. The standard InChI is InChI=1S/C12H7Cl2NO3.C6H8O7/c13-8-1-6-12(11(14)7-8)18-10-4-2-9(3-5-10)15(16)17;7-3(8)1-6(13,5(11)12)2-4(9)10/h1-7H;13H,1-2H2,(H,7,8)(H,9,10)(H,11,12). The lowest BCUT2D eigenvalue weighted by Crippen LogP contribution is -2.42. The van der Waals surface area contributed by atoms with Crippen LogP contribution >= 0.6 is 23.2 Å². The molecule has 0 unspecified atom stereocenters. The zero-order valence-corrected chi connectivity index (χ0v) is 16.9. The molecule has 4 N–H and O–H groups in total. The lowest BCUT2D eigenvalue weighted by molar-refractivity contribution is -0.384. The fraction of sp³-hybridized carbons (Fsp3) is 0.167. The molecule has 13 heteroatoms. The number of aliphatic carboxylic acids is 3. The molecule has 2 aromatic rings. The SMILES string of the molecule is O=C(O)CC(O)(CC(=O)O)C(=O)O.O=[N+]([O-])c1ccc(Oc2ccc(Cl)cc2Cl)cc1. The smallest absolute Gasteiger partial charge is 0.336 e. The molecule has 166 valence electrons. The van der Waals surface area contributed by atoms with E-state index in [4.69, 9.17) is 48.4 Å². The van der Waals surface area contributed by atoms with Gasteiger partial charge in [-0.05, 0) is 30.3 Å². The molecule has 0 aliphatic heterocycles. The van der Waals surface area contributed by atoms with Crippen LogP contribution < -0.4 is 4.74 Å². The van der Waals surface area contributed by atoms with E-state index < -0.39 is 41.3 Å². The molecule has 0 saturated heterocycles. The first-order valence-electron chi connectivity index (χ1n) is 8.11. The number of carboxylic acid groups (broad SMARTS) is 3. The molecule has 0 bridgehead atoms. The minimum Gasteiger partial charge on any atom is -0.481 e. The summed E-state index contributed by atoms with van der Waals surface area (Å²) in [6.07, 6.45) is -2.29. The van der Waals surface area contributed by atoms with E-state index in [0.717, 1.165) is 0 Å². The minimum atomic E-state index is -2.74. The number of nitro benzene ring substituents is 1. The van der Waals surface area contributed by atoms with Crippen LogP contribution in [0.15, 0.2) is 42.5 Å². The van der Waals surface area contributed by atoms with E-state index in [2.05, 4.69) is 0 Å². The molecule has 0 atom stereocenters. The summed E-state index contributed by atoms with van der Waals surface area (Å²) in [5.41, 5.74) is -2.73. The average molecular weight is 476 g/mol. The molecule has 0 fully saturated rings. The fourth-order valence-electron chi connectivity index (χ4n) is 2.03. The number of carboxylic acids is 3. The second-order valence-electron chi connectivity index (χ2n) is 5.91. The summed E-state index contributed by atoms with van der Waals surface area (Å²) in [5, 5.41) is 45.2. The van der Waals surface area contributed by atoms with Gasteiger partial charge in [0.1, 0.15) is 11.5 Å². The van der Waals surface area contributed by atoms with E-state index in [1.54, 1.807) is 18.2 Å². The largest absolute Gasteiger partial charge is 0.481 e. The van der Waals surface area contributed by atoms with E-state index in [1.165, 1.54) is 24.3 Å². The maximum atomic E-state index is 10.5. The molecule has 0 radical (unpaired) electrons. The number of rotatable bonds is 8. The molecule has 0 amide bonds. The molecule has 31 heavy (non-hydrogen) atoms. The number of nitrogens with zero attached hydrogens (tertiary/aromatic N) is 1. The first-order valence-corrected chi connectivity index (χ1v) is 8.86. The van der Waals surface area contributed by atoms with Crippen molar-refractivity contribution in [2.45, 2.75) is 18.4 Å². The van der Waals surface area contributed by atoms with Gasteiger partial charge in [0.2, 0.25) is 0 Å². The molecule has 0 spiro atoms. The molecule has 0 aliphatic rings. The molecule has 0 saturated carbocycles. The number of non-ortho nitro benzene ring substituents is 1. The van der Waals surface area contributed by atoms with Crippen molar-refractivity contribution in [3.05, 3.63) is 62.6 Å². The number of hydrogen-bond acceptors (Lipinski definition) is 7. The highest BCUT2D eigenvalue weighted by atomic mass is 35.5. The van der Waals surface area contributed by atoms with Crippen LogP contribution in [-0.2, 0) is 14.4 Å². The van der Waals surface area contributed by atoms with Crippen molar-refractivity contribution in [2.75, 3.05) is 0 Å². The Morgan fingerprint density at radius 3 is 1.87 bits per heavy atom. The normalized spacial score (nSPS) is 10.4. The summed E-state index contributed by atoms with van der Waals surface area (Å²) in [5.74, 6) is -4.12. The summed E-state index contributed by atoms with van der Waals surface area (Å²) >= 11 is 11.7. The van der Waals surface area contributed by atoms with E-state index in [9.17, 15) is 24.5 Å². The van der Waals surface area contributed by atoms with Gasteiger partial charge in [-0.15, -0.1) is 0 Å². The second-order valence-corrected chi connectivity index (χ2v) is 6.75. The predicted octanol–water partition coefficient (Wildman–Crippen LogP) is 3.45. The zero-order chi connectivity index (χ0) is 23.8. The van der Waals surface area contributed by atoms with Crippen LogP contribution in [0.2, 0.25) is 10.0 Å². The zero-order valence-electron chi connectivity index (χ0n) is 15.4. The number of halogens is 2. The van der Waals surface area contributed by atoms with Crippen molar-refractivity contribution in [3.63, 3.8) is 0 Å². The van der Waals surface area contributed by atoms with Crippen LogP contribution in [0.25, 0.3) is 0 Å². The Kier molecular flexibility index (Phi) is 9.18. The Labute approximate surface area is 184 Å². The lowest BCUT2D eigenvalue weighted by Gasteiger charge is -2.18. The highest BCUT2D eigenvalue weighted by molar-refractivity contribution is 6.35. The van der Waals surface area contributed by atoms with E-state index >= 15 is 0 Å². The maximum Gasteiger partial charge on any atom is 0.336 e. The van der Waals surface area contributed by atoms with E-state index in [-0.39, 0.29) is 5.69 Å². The van der Waals surface area contributed by atoms with Crippen molar-refractivity contribution in [2.24, 2.45) is 0 Å². The van der Waals surface area contributed by atoms with Crippen molar-refractivity contribution in [1.29, 1.82) is 0 Å². The number of benzene rings is 2. The molecular formula is C18H15Cl2NO10. The van der Waals surface area contributed by atoms with Gasteiger partial charge in [-0.2, -0.15) is 0 Å². The van der Waals surface area contributed by atoms with Gasteiger partial charge in [-0.3, -0.25) is 19.7 Å². The van der Waals surface area contributed by atoms with Crippen LogP contribution in [0.4, 0.5) is 5.69 Å². The van der Waals surface area contributed by atoms with Gasteiger partial charge in [0, 0.05) is 17.2 Å². The van der Waals surface area contributed by atoms with Crippen LogP contribution in [0, 0.1) is 10.1 Å². The van der Waals surface area contributed by atoms with E-state index in [1.807, 2.05) is 0 Å². The monoisotopic (exact) mass is 475 g/mol. The van der Waals surface area contributed by atoms with Crippen LogP contribution in [0.3, 0.4) is 0 Å². The first kappa shape index (κ1) is 25.6. The van der Waals surface area contributed by atoms with Crippen molar-refractivity contribution in [3.8, 4) is 11.5 Å². The Balaban J connectivity index is 0.000000330. The van der Waals surface area contributed by atoms with Crippen LogP contribution in [0.5, 0.6) is 11.5 Å². The summed E-state index contributed by atoms with van der Waals surface area (Å²) in [7, 11) is 0. The first-order chi connectivity index (χ1) is 14.3. The van der Waals surface area contributed by atoms with Crippen LogP contribution in [0.1, 0.15) is 12.8 Å². The molecule has 0 aromatic heterocycles. The third-order valence-corrected chi connectivity index (χ3v) is 3.99. The molecule has 2 rings (SSSR count). The van der Waals surface area contributed by atoms with Crippen molar-refractivity contribution < 1.29 is 44.5 Å². The third kappa shape index (κ3) is 8.46. The second kappa shape index (κ2) is 11.1. The van der Waals surface area contributed by atoms with Gasteiger partial charge in [-0.25, -0.2) is 4.79 Å². The number of hydrogen-bond donors (Lipinski definition) is 4. The van der Waals surface area contributed by atoms with Gasteiger partial charge in [0.15, 0.2) is 5.60 Å². The molecule has 2 aromatic carbocycles. The highest BCUT2D eigenvalue weighted by Crippen LogP contribution is 2.32. The number of ether oxygens (including phenoxy) is 1. The summed E-state index contributed by atoms with van der Waals surface area (Å²) in [6, 6.07) is 10.6. The summed E-state index contributed by atoms with van der Waals surface area (Å²) in [4.78, 5) is 40.5. The van der Waals surface area contributed by atoms with Gasteiger partial charge < -0.3 is 25.2 Å². The number of nitro groups is 1. The van der Waals surface area contributed by atoms with Crippen molar-refractivity contribution in [1.82, 2.24) is 0 Å². The van der Waals surface area contributed by atoms with Crippen molar-refractivity contribution >= 4 is 46.8 Å². The average Bonchev–Trinajstić information content (AvgIpc) is 2.63. The Hall–Kier alpha value is -3.41. The molecule has 0 heterocycles. The fourth-order valence-corrected chi connectivity index (χ4v) is 2.48. The number of carbonyl (C=O) groups is 3. The van der Waals surface area contributed by atoms with Gasteiger partial charge in [0.25, 0.3) is 5.69 Å². The summed E-state index contributed by atoms with van der Waals surface area (Å²) in [6.45, 7) is 0. The number of aliphatic hydroxyl groups is 1. The van der Waals surface area contributed by atoms with Crippen LogP contribution in [-0.4, -0.2) is 48.9 Å². The Bertz CT molecular complexity index is 962. The summed E-state index contributed by atoms with van der Waals surface area (Å²) < 4.78 is 5.49. The predicted molar refractivity (Wildman–Crippen MR) is 107 cm³/mol. The van der Waals surface area contributed by atoms with E-state index in [0.29, 0.717) is 21.5 Å². The minimum absolute atomic E-state index is 0.00422. The van der Waals surface area contributed by atoms with Gasteiger partial charge in [-0.1, -0.05) is 23.2 Å². The Morgan fingerprint density at radius 2 is 1.48 bits per heavy atom.